The summed E-state index contributed by atoms with van der Waals surface area (Å²) < 4.78 is 10.8. The number of rotatable bonds is 0. The molecule has 2 heteroatoms. The number of hydrogen-bond acceptors (Lipinski definition) is 2. The third-order valence-electron chi connectivity index (χ3n) is 2.84. The topological polar surface area (TPSA) is 18.5 Å². The van der Waals surface area contributed by atoms with Gasteiger partial charge in [0.1, 0.15) is 0 Å². The van der Waals surface area contributed by atoms with E-state index < -0.39 is 0 Å². The van der Waals surface area contributed by atoms with Crippen molar-refractivity contribution < 1.29 is 9.47 Å². The van der Waals surface area contributed by atoms with Crippen LogP contribution in [0.15, 0.2) is 23.3 Å². The third kappa shape index (κ3) is 1.45. The van der Waals surface area contributed by atoms with Gasteiger partial charge in [0, 0.05) is 5.41 Å². The van der Waals surface area contributed by atoms with Crippen LogP contribution in [0.1, 0.15) is 13.8 Å². The van der Waals surface area contributed by atoms with Crippen LogP contribution in [-0.2, 0) is 9.47 Å². The largest absolute Gasteiger partial charge is 0.376 e. The fourth-order valence-electron chi connectivity index (χ4n) is 1.95. The lowest BCUT2D eigenvalue weighted by Gasteiger charge is -2.19. The van der Waals surface area contributed by atoms with Crippen LogP contribution in [0.25, 0.3) is 0 Å². The summed E-state index contributed by atoms with van der Waals surface area (Å²) in [6.07, 6.45) is 0. The molecule has 0 radical (unpaired) electrons. The third-order valence-corrected chi connectivity index (χ3v) is 2.84. The molecule has 2 saturated heterocycles. The second-order valence-electron chi connectivity index (χ2n) is 4.43. The molecule has 0 aromatic carbocycles. The minimum Gasteiger partial charge on any atom is -0.376 e. The van der Waals surface area contributed by atoms with E-state index in [0.717, 1.165) is 25.4 Å². The molecule has 0 aliphatic carbocycles. The molecule has 0 saturated carbocycles. The number of hydrogen-bond donors (Lipinski definition) is 0. The van der Waals surface area contributed by atoms with Gasteiger partial charge >= 0.3 is 0 Å². The zero-order valence-electron chi connectivity index (χ0n) is 8.35. The zero-order valence-corrected chi connectivity index (χ0v) is 8.35. The molecule has 2 rings (SSSR count). The fraction of sp³-hybridized carbons (Fsp3) is 0.636. The van der Waals surface area contributed by atoms with E-state index in [1.54, 1.807) is 0 Å². The summed E-state index contributed by atoms with van der Waals surface area (Å²) in [7, 11) is 0. The van der Waals surface area contributed by atoms with Crippen LogP contribution >= 0.6 is 0 Å². The molecule has 2 heterocycles. The molecule has 0 spiro atoms. The van der Waals surface area contributed by atoms with Gasteiger partial charge in [0.05, 0.1) is 26.4 Å². The molecule has 2 aliphatic rings. The van der Waals surface area contributed by atoms with E-state index in [4.69, 9.17) is 9.47 Å². The molecule has 0 aromatic heterocycles. The Bertz CT molecular complexity index is 274. The van der Waals surface area contributed by atoms with Gasteiger partial charge in [-0.3, -0.25) is 0 Å². The molecular weight excluding hydrogens is 164 g/mol. The van der Waals surface area contributed by atoms with Gasteiger partial charge in [-0.25, -0.2) is 0 Å². The van der Waals surface area contributed by atoms with Gasteiger partial charge in [-0.1, -0.05) is 20.4 Å². The van der Waals surface area contributed by atoms with Crippen molar-refractivity contribution in [3.8, 4) is 0 Å². The minimum absolute atomic E-state index is 0.173. The summed E-state index contributed by atoms with van der Waals surface area (Å²) in [5, 5.41) is 0. The second-order valence-corrected chi connectivity index (χ2v) is 4.43. The molecule has 13 heavy (non-hydrogen) atoms. The van der Waals surface area contributed by atoms with Gasteiger partial charge in [0.25, 0.3) is 0 Å². The predicted molar refractivity (Wildman–Crippen MR) is 51.6 cm³/mol. The Kier molecular flexibility index (Phi) is 2.05. The average molecular weight is 180 g/mol. The van der Waals surface area contributed by atoms with Gasteiger partial charge in [-0.2, -0.15) is 0 Å². The molecule has 0 bridgehead atoms. The van der Waals surface area contributed by atoms with E-state index in [9.17, 15) is 0 Å². The summed E-state index contributed by atoms with van der Waals surface area (Å²) >= 11 is 0. The van der Waals surface area contributed by atoms with Crippen molar-refractivity contribution in [2.75, 3.05) is 26.4 Å². The van der Waals surface area contributed by atoms with Crippen LogP contribution in [0.2, 0.25) is 0 Å². The lowest BCUT2D eigenvalue weighted by Crippen LogP contribution is -2.15. The highest BCUT2D eigenvalue weighted by Crippen LogP contribution is 2.38. The maximum atomic E-state index is 5.48. The Hall–Kier alpha value is -0.600. The maximum absolute atomic E-state index is 5.48. The molecule has 2 aliphatic heterocycles. The highest BCUT2D eigenvalue weighted by Gasteiger charge is 2.34. The van der Waals surface area contributed by atoms with Crippen molar-refractivity contribution in [2.24, 2.45) is 5.41 Å². The Morgan fingerprint density at radius 1 is 1.15 bits per heavy atom. The molecular formula is C11H16O2. The lowest BCUT2D eigenvalue weighted by atomic mass is 9.83. The SMILES string of the molecule is C=C1COC/C1=C1\COCC1(C)C. The van der Waals surface area contributed by atoms with Crippen LogP contribution in [-0.4, -0.2) is 26.4 Å². The van der Waals surface area contributed by atoms with Crippen molar-refractivity contribution in [3.63, 3.8) is 0 Å². The Morgan fingerprint density at radius 2 is 1.92 bits per heavy atom. The first kappa shape index (κ1) is 8.97. The molecule has 72 valence electrons. The standard InChI is InChI=1S/C11H16O2/c1-8-4-12-5-9(8)10-6-13-7-11(10,2)3/h1,4-7H2,2-3H3/b10-9-. The van der Waals surface area contributed by atoms with E-state index in [0.29, 0.717) is 6.61 Å². The molecule has 2 fully saturated rings. The van der Waals surface area contributed by atoms with Crippen LogP contribution in [0.3, 0.4) is 0 Å². The summed E-state index contributed by atoms with van der Waals surface area (Å²) in [5.41, 5.74) is 3.98. The van der Waals surface area contributed by atoms with E-state index in [1.165, 1.54) is 11.1 Å². The average Bonchev–Trinajstić information content (AvgIpc) is 2.56. The highest BCUT2D eigenvalue weighted by atomic mass is 16.5. The van der Waals surface area contributed by atoms with Gasteiger partial charge in [-0.15, -0.1) is 0 Å². The molecule has 0 aromatic rings. The Labute approximate surface area is 79.2 Å². The first-order valence-corrected chi connectivity index (χ1v) is 4.67. The quantitative estimate of drug-likeness (QED) is 0.567. The van der Waals surface area contributed by atoms with Crippen LogP contribution in [0.5, 0.6) is 0 Å². The normalized spacial score (nSPS) is 32.9. The van der Waals surface area contributed by atoms with Crippen molar-refractivity contribution >= 4 is 0 Å². The van der Waals surface area contributed by atoms with Crippen molar-refractivity contribution in [2.45, 2.75) is 13.8 Å². The van der Waals surface area contributed by atoms with Crippen molar-refractivity contribution in [1.82, 2.24) is 0 Å². The van der Waals surface area contributed by atoms with E-state index in [1.807, 2.05) is 0 Å². The van der Waals surface area contributed by atoms with E-state index >= 15 is 0 Å². The first-order chi connectivity index (χ1) is 6.11. The smallest absolute Gasteiger partial charge is 0.0725 e. The lowest BCUT2D eigenvalue weighted by molar-refractivity contribution is 0.167. The molecule has 0 N–H and O–H groups in total. The molecule has 0 atom stereocenters. The van der Waals surface area contributed by atoms with Gasteiger partial charge in [0.15, 0.2) is 0 Å². The summed E-state index contributed by atoms with van der Waals surface area (Å²) in [5.74, 6) is 0. The molecule has 2 nitrogen and oxygen atoms in total. The van der Waals surface area contributed by atoms with Gasteiger partial charge in [-0.05, 0) is 16.7 Å². The van der Waals surface area contributed by atoms with Crippen LogP contribution in [0.4, 0.5) is 0 Å². The van der Waals surface area contributed by atoms with Crippen molar-refractivity contribution in [1.29, 1.82) is 0 Å². The van der Waals surface area contributed by atoms with E-state index in [-0.39, 0.29) is 5.41 Å². The fourth-order valence-corrected chi connectivity index (χ4v) is 1.95. The van der Waals surface area contributed by atoms with E-state index in [2.05, 4.69) is 20.4 Å². The van der Waals surface area contributed by atoms with Gasteiger partial charge < -0.3 is 9.47 Å². The Balaban J connectivity index is 2.37. The molecule has 0 unspecified atom stereocenters. The van der Waals surface area contributed by atoms with Crippen LogP contribution in [0, 0.1) is 5.41 Å². The van der Waals surface area contributed by atoms with Crippen molar-refractivity contribution in [3.05, 3.63) is 23.3 Å². The monoisotopic (exact) mass is 180 g/mol. The number of ether oxygens (including phenoxy) is 2. The Morgan fingerprint density at radius 3 is 2.38 bits per heavy atom. The summed E-state index contributed by atoms with van der Waals surface area (Å²) in [6.45, 7) is 11.4. The highest BCUT2D eigenvalue weighted by molar-refractivity contribution is 5.40. The first-order valence-electron chi connectivity index (χ1n) is 4.67. The van der Waals surface area contributed by atoms with Crippen LogP contribution < -0.4 is 0 Å². The molecule has 0 amide bonds. The zero-order chi connectivity index (χ0) is 9.47. The van der Waals surface area contributed by atoms with Gasteiger partial charge in [0.2, 0.25) is 0 Å². The maximum Gasteiger partial charge on any atom is 0.0725 e. The minimum atomic E-state index is 0.173. The second kappa shape index (κ2) is 2.96. The summed E-state index contributed by atoms with van der Waals surface area (Å²) in [4.78, 5) is 0. The summed E-state index contributed by atoms with van der Waals surface area (Å²) in [6, 6.07) is 0. The predicted octanol–water partition coefficient (Wildman–Crippen LogP) is 1.93.